The van der Waals surface area contributed by atoms with Crippen molar-refractivity contribution in [1.29, 1.82) is 0 Å². The predicted molar refractivity (Wildman–Crippen MR) is 189 cm³/mol. The minimum absolute atomic E-state index is 0.631. The van der Waals surface area contributed by atoms with E-state index in [9.17, 15) is 0 Å². The predicted octanol–water partition coefficient (Wildman–Crippen LogP) is 10.0. The van der Waals surface area contributed by atoms with Crippen molar-refractivity contribution in [1.82, 2.24) is 23.9 Å². The van der Waals surface area contributed by atoms with Crippen molar-refractivity contribution in [2.45, 2.75) is 0 Å². The number of aromatic nitrogens is 5. The quantitative estimate of drug-likeness (QED) is 0.207. The molecule has 0 amide bonds. The van der Waals surface area contributed by atoms with Gasteiger partial charge in [0.15, 0.2) is 0 Å². The minimum Gasteiger partial charge on any atom is -0.305 e. The molecule has 0 N–H and O–H groups in total. The van der Waals surface area contributed by atoms with Gasteiger partial charge in [-0.05, 0) is 46.8 Å². The van der Waals surface area contributed by atoms with Gasteiger partial charge >= 0.3 is 0 Å². The summed E-state index contributed by atoms with van der Waals surface area (Å²) in [5.41, 5.74) is 10.6. The van der Waals surface area contributed by atoms with Crippen molar-refractivity contribution < 1.29 is 0 Å². The summed E-state index contributed by atoms with van der Waals surface area (Å²) < 4.78 is 4.60. The number of nitrogens with zero attached hydrogens (tertiary/aromatic N) is 5. The van der Waals surface area contributed by atoms with Crippen LogP contribution in [0.15, 0.2) is 152 Å². The molecule has 0 aliphatic heterocycles. The fourth-order valence-electron chi connectivity index (χ4n) is 7.16. The molecule has 10 aromatic rings. The van der Waals surface area contributed by atoms with E-state index in [2.05, 4.69) is 141 Å². The van der Waals surface area contributed by atoms with Gasteiger partial charge in [-0.2, -0.15) is 0 Å². The van der Waals surface area contributed by atoms with Gasteiger partial charge in [-0.1, -0.05) is 109 Å². The number of hydrogen-bond donors (Lipinski definition) is 0. The van der Waals surface area contributed by atoms with Crippen LogP contribution in [0.3, 0.4) is 0 Å². The highest BCUT2D eigenvalue weighted by Gasteiger charge is 2.20. The molecule has 0 saturated heterocycles. The lowest BCUT2D eigenvalue weighted by molar-refractivity contribution is 1.01. The Balaban J connectivity index is 1.34. The van der Waals surface area contributed by atoms with Crippen LogP contribution in [0.5, 0.6) is 0 Å². The summed E-state index contributed by atoms with van der Waals surface area (Å²) in [5.74, 6) is 0.631. The zero-order valence-corrected chi connectivity index (χ0v) is 24.7. The molecule has 4 heterocycles. The Bertz CT molecular complexity index is 2780. The minimum atomic E-state index is 0.631. The SMILES string of the molecule is c1ccc(-c2ccc(-c3nc(-n4c5cccc6ccc7c8ccncc8n(c8ccccc84)c7c65)nc4ccccc34)cc2)cc1. The number of benzene rings is 6. The van der Waals surface area contributed by atoms with Crippen LogP contribution in [0.25, 0.3) is 88.4 Å². The second-order valence-electron chi connectivity index (χ2n) is 11.7. The zero-order valence-electron chi connectivity index (χ0n) is 24.7. The maximum atomic E-state index is 5.39. The maximum absolute atomic E-state index is 5.39. The van der Waals surface area contributed by atoms with E-state index in [-0.39, 0.29) is 0 Å². The molecule has 0 aliphatic rings. The highest BCUT2D eigenvalue weighted by molar-refractivity contribution is 6.23. The molecule has 10 rings (SSSR count). The Morgan fingerprint density at radius 2 is 1.20 bits per heavy atom. The first-order valence-electron chi connectivity index (χ1n) is 15.5. The molecule has 0 atom stereocenters. The lowest BCUT2D eigenvalue weighted by atomic mass is 10.0. The number of rotatable bonds is 3. The van der Waals surface area contributed by atoms with Crippen molar-refractivity contribution in [3.63, 3.8) is 0 Å². The molecular weight excluding hydrogens is 562 g/mol. The molecule has 6 aromatic carbocycles. The highest BCUT2D eigenvalue weighted by atomic mass is 15.2. The topological polar surface area (TPSA) is 48.0 Å². The smallest absolute Gasteiger partial charge is 0.235 e. The lowest BCUT2D eigenvalue weighted by Gasteiger charge is -2.14. The summed E-state index contributed by atoms with van der Waals surface area (Å²) in [7, 11) is 0. The third-order valence-corrected chi connectivity index (χ3v) is 9.21. The van der Waals surface area contributed by atoms with Gasteiger partial charge in [0.25, 0.3) is 0 Å². The summed E-state index contributed by atoms with van der Waals surface area (Å²) in [6.45, 7) is 0. The standard InChI is InChI=1S/C41H25N5/c1-2-9-26(10-3-1)27-17-19-29(20-18-27)39-32-12-4-5-13-33(32)43-41(44-39)46-35-15-7-6-14-34(35)45-37-25-42-24-23-30(37)31-22-21-28-11-8-16-36(46)38(28)40(31)45/h1-25H. The van der Waals surface area contributed by atoms with E-state index in [4.69, 9.17) is 9.97 Å². The lowest BCUT2D eigenvalue weighted by Crippen LogP contribution is -2.05. The van der Waals surface area contributed by atoms with Crippen LogP contribution in [-0.4, -0.2) is 23.9 Å². The molecule has 0 aliphatic carbocycles. The van der Waals surface area contributed by atoms with E-state index in [1.807, 2.05) is 24.5 Å². The Morgan fingerprint density at radius 3 is 2.09 bits per heavy atom. The zero-order chi connectivity index (χ0) is 30.2. The summed E-state index contributed by atoms with van der Waals surface area (Å²) in [6.07, 6.45) is 3.85. The molecule has 0 saturated carbocycles. The molecule has 214 valence electrons. The van der Waals surface area contributed by atoms with Crippen molar-refractivity contribution in [2.75, 3.05) is 0 Å². The largest absolute Gasteiger partial charge is 0.305 e. The van der Waals surface area contributed by atoms with Crippen LogP contribution in [0.4, 0.5) is 0 Å². The van der Waals surface area contributed by atoms with Crippen LogP contribution in [0.2, 0.25) is 0 Å². The molecule has 0 unspecified atom stereocenters. The van der Waals surface area contributed by atoms with Gasteiger partial charge in [0.2, 0.25) is 5.95 Å². The first kappa shape index (κ1) is 25.0. The van der Waals surface area contributed by atoms with Gasteiger partial charge in [-0.3, -0.25) is 9.55 Å². The monoisotopic (exact) mass is 587 g/mol. The van der Waals surface area contributed by atoms with E-state index in [0.717, 1.165) is 55.0 Å². The summed E-state index contributed by atoms with van der Waals surface area (Å²) in [6, 6.07) is 49.1. The maximum Gasteiger partial charge on any atom is 0.235 e. The second-order valence-corrected chi connectivity index (χ2v) is 11.7. The number of fused-ring (bicyclic) bond motifs is 6. The first-order valence-corrected chi connectivity index (χ1v) is 15.5. The summed E-state index contributed by atoms with van der Waals surface area (Å²) in [4.78, 5) is 15.2. The second kappa shape index (κ2) is 9.58. The molecule has 5 nitrogen and oxygen atoms in total. The van der Waals surface area contributed by atoms with E-state index in [0.29, 0.717) is 5.95 Å². The van der Waals surface area contributed by atoms with Crippen LogP contribution in [-0.2, 0) is 0 Å². The molecule has 0 spiro atoms. The Morgan fingerprint density at radius 1 is 0.457 bits per heavy atom. The third kappa shape index (κ3) is 3.54. The fraction of sp³-hybridized carbons (Fsp3) is 0. The third-order valence-electron chi connectivity index (χ3n) is 9.21. The van der Waals surface area contributed by atoms with E-state index in [1.165, 1.54) is 27.4 Å². The van der Waals surface area contributed by atoms with Gasteiger partial charge in [-0.15, -0.1) is 0 Å². The molecule has 4 aromatic heterocycles. The van der Waals surface area contributed by atoms with Crippen molar-refractivity contribution in [2.24, 2.45) is 0 Å². The summed E-state index contributed by atoms with van der Waals surface area (Å²) in [5, 5.41) is 5.74. The average Bonchev–Trinajstić information content (AvgIpc) is 3.40. The van der Waals surface area contributed by atoms with Gasteiger partial charge in [-0.25, -0.2) is 9.97 Å². The van der Waals surface area contributed by atoms with Gasteiger partial charge in [0.1, 0.15) is 0 Å². The van der Waals surface area contributed by atoms with Gasteiger partial charge in [0, 0.05) is 33.3 Å². The fourth-order valence-corrected chi connectivity index (χ4v) is 7.16. The number of pyridine rings is 1. The Hall–Kier alpha value is -6.33. The first-order chi connectivity index (χ1) is 22.8. The number of hydrogen-bond acceptors (Lipinski definition) is 3. The molecule has 46 heavy (non-hydrogen) atoms. The van der Waals surface area contributed by atoms with Crippen molar-refractivity contribution in [3.8, 4) is 28.3 Å². The molecule has 0 bridgehead atoms. The van der Waals surface area contributed by atoms with Crippen LogP contribution in [0, 0.1) is 0 Å². The van der Waals surface area contributed by atoms with E-state index < -0.39 is 0 Å². The Kier molecular flexibility index (Phi) is 5.22. The van der Waals surface area contributed by atoms with Crippen LogP contribution in [0.1, 0.15) is 0 Å². The molecule has 0 fully saturated rings. The average molecular weight is 588 g/mol. The summed E-state index contributed by atoms with van der Waals surface area (Å²) >= 11 is 0. The Labute approximate surface area is 263 Å². The molecular formula is C41H25N5. The van der Waals surface area contributed by atoms with Crippen LogP contribution < -0.4 is 0 Å². The molecule has 5 heteroatoms. The normalized spacial score (nSPS) is 11.9. The number of para-hydroxylation sites is 3. The van der Waals surface area contributed by atoms with E-state index >= 15 is 0 Å². The van der Waals surface area contributed by atoms with Gasteiger partial charge in [0.05, 0.1) is 45.0 Å². The molecule has 0 radical (unpaired) electrons. The van der Waals surface area contributed by atoms with E-state index in [1.54, 1.807) is 0 Å². The van der Waals surface area contributed by atoms with Crippen molar-refractivity contribution >= 4 is 60.0 Å². The van der Waals surface area contributed by atoms with Crippen molar-refractivity contribution in [3.05, 3.63) is 152 Å². The highest BCUT2D eigenvalue weighted by Crippen LogP contribution is 2.39. The van der Waals surface area contributed by atoms with Crippen LogP contribution >= 0.6 is 0 Å². The van der Waals surface area contributed by atoms with Gasteiger partial charge < -0.3 is 4.40 Å².